The molecule has 0 aromatic carbocycles. The van der Waals surface area contributed by atoms with Gasteiger partial charge in [0, 0.05) is 19.1 Å². The van der Waals surface area contributed by atoms with Gasteiger partial charge in [0.25, 0.3) is 0 Å². The first-order valence-corrected chi connectivity index (χ1v) is 8.30. The molecule has 1 unspecified atom stereocenters. The minimum absolute atomic E-state index is 0.340. The highest BCUT2D eigenvalue weighted by Crippen LogP contribution is 2.03. The molecule has 0 aliphatic rings. The van der Waals surface area contributed by atoms with Crippen LogP contribution in [0.5, 0.6) is 0 Å². The van der Waals surface area contributed by atoms with Crippen LogP contribution in [0.25, 0.3) is 0 Å². The van der Waals surface area contributed by atoms with Gasteiger partial charge in [0.1, 0.15) is 5.75 Å². The summed E-state index contributed by atoms with van der Waals surface area (Å²) in [6.45, 7) is 8.39. The third-order valence-corrected chi connectivity index (χ3v) is 5.06. The van der Waals surface area contributed by atoms with Crippen LogP contribution in [0.15, 0.2) is 0 Å². The van der Waals surface area contributed by atoms with Crippen molar-refractivity contribution in [2.45, 2.75) is 51.8 Å². The molecule has 18 heavy (non-hydrogen) atoms. The molecular formula is C12H26N2O3S. The average Bonchev–Trinajstić information content (AvgIpc) is 2.29. The van der Waals surface area contributed by atoms with Crippen LogP contribution in [0.2, 0.25) is 0 Å². The van der Waals surface area contributed by atoms with Crippen molar-refractivity contribution in [3.63, 3.8) is 0 Å². The second-order valence-corrected chi connectivity index (χ2v) is 6.91. The summed E-state index contributed by atoms with van der Waals surface area (Å²) < 4.78 is 23.8. The fourth-order valence-electron chi connectivity index (χ4n) is 1.61. The lowest BCUT2D eigenvalue weighted by Gasteiger charge is -2.18. The zero-order valence-electron chi connectivity index (χ0n) is 11.8. The molecule has 5 nitrogen and oxygen atoms in total. The number of sulfone groups is 1. The summed E-state index contributed by atoms with van der Waals surface area (Å²) in [6, 6.07) is 0.340. The Morgan fingerprint density at radius 3 is 2.17 bits per heavy atom. The van der Waals surface area contributed by atoms with Crippen molar-refractivity contribution < 1.29 is 13.2 Å². The molecule has 2 N–H and O–H groups in total. The monoisotopic (exact) mass is 278 g/mol. The summed E-state index contributed by atoms with van der Waals surface area (Å²) in [5.41, 5.74) is 0. The Morgan fingerprint density at radius 1 is 1.17 bits per heavy atom. The van der Waals surface area contributed by atoms with Crippen molar-refractivity contribution in [1.29, 1.82) is 0 Å². The number of rotatable bonds is 9. The minimum Gasteiger partial charge on any atom is -0.356 e. The molecule has 0 fully saturated rings. The van der Waals surface area contributed by atoms with Crippen molar-refractivity contribution in [1.82, 2.24) is 10.6 Å². The molecule has 0 aromatic heterocycles. The third kappa shape index (κ3) is 6.35. The molecule has 0 rings (SSSR count). The van der Waals surface area contributed by atoms with Crippen LogP contribution < -0.4 is 10.6 Å². The SMILES string of the molecule is CCNC(=O)CS(=O)(=O)C(C)CNC(CC)CC. The second kappa shape index (κ2) is 8.48. The van der Waals surface area contributed by atoms with E-state index in [0.717, 1.165) is 12.8 Å². The first-order chi connectivity index (χ1) is 8.37. The molecule has 0 heterocycles. The number of carbonyl (C=O) groups is 1. The Bertz CT molecular complexity index is 337. The van der Waals surface area contributed by atoms with Gasteiger partial charge in [-0.25, -0.2) is 8.42 Å². The van der Waals surface area contributed by atoms with Gasteiger partial charge in [-0.1, -0.05) is 13.8 Å². The van der Waals surface area contributed by atoms with Crippen LogP contribution in [-0.4, -0.2) is 44.5 Å². The standard InChI is InChI=1S/C12H26N2O3S/c1-5-11(6-2)14-8-10(4)18(16,17)9-12(15)13-7-3/h10-11,14H,5-9H2,1-4H3,(H,13,15). The lowest BCUT2D eigenvalue weighted by Crippen LogP contribution is -2.40. The molecule has 0 aliphatic heterocycles. The zero-order chi connectivity index (χ0) is 14.2. The van der Waals surface area contributed by atoms with Gasteiger partial charge in [-0.05, 0) is 26.7 Å². The van der Waals surface area contributed by atoms with E-state index in [1.807, 2.05) is 0 Å². The Labute approximate surface area is 111 Å². The van der Waals surface area contributed by atoms with Crippen molar-refractivity contribution >= 4 is 15.7 Å². The van der Waals surface area contributed by atoms with Crippen LogP contribution in [0.1, 0.15) is 40.5 Å². The molecule has 0 saturated heterocycles. The largest absolute Gasteiger partial charge is 0.356 e. The fraction of sp³-hybridized carbons (Fsp3) is 0.917. The quantitative estimate of drug-likeness (QED) is 0.651. The first-order valence-electron chi connectivity index (χ1n) is 6.58. The summed E-state index contributed by atoms with van der Waals surface area (Å²) in [5, 5.41) is 5.18. The van der Waals surface area contributed by atoms with E-state index in [4.69, 9.17) is 0 Å². The number of nitrogens with one attached hydrogen (secondary N) is 2. The molecule has 0 spiro atoms. The minimum atomic E-state index is -3.37. The topological polar surface area (TPSA) is 75.3 Å². The van der Waals surface area contributed by atoms with E-state index in [1.54, 1.807) is 13.8 Å². The number of hydrogen-bond acceptors (Lipinski definition) is 4. The molecule has 0 radical (unpaired) electrons. The summed E-state index contributed by atoms with van der Waals surface area (Å²) in [6.07, 6.45) is 1.94. The third-order valence-electron chi connectivity index (χ3n) is 3.00. The summed E-state index contributed by atoms with van der Waals surface area (Å²) in [5.74, 6) is -0.848. The lowest BCUT2D eigenvalue weighted by molar-refractivity contribution is -0.118. The molecule has 108 valence electrons. The highest BCUT2D eigenvalue weighted by molar-refractivity contribution is 7.92. The van der Waals surface area contributed by atoms with Gasteiger partial charge in [-0.3, -0.25) is 4.79 Å². The van der Waals surface area contributed by atoms with Crippen LogP contribution in [0.3, 0.4) is 0 Å². The Hall–Kier alpha value is -0.620. The van der Waals surface area contributed by atoms with E-state index in [1.165, 1.54) is 0 Å². The first kappa shape index (κ1) is 17.4. The Balaban J connectivity index is 4.30. The molecule has 0 saturated carbocycles. The van der Waals surface area contributed by atoms with E-state index in [-0.39, 0.29) is 0 Å². The van der Waals surface area contributed by atoms with Gasteiger partial charge in [0.2, 0.25) is 5.91 Å². The van der Waals surface area contributed by atoms with Crippen molar-refractivity contribution in [3.05, 3.63) is 0 Å². The van der Waals surface area contributed by atoms with Crippen LogP contribution in [0.4, 0.5) is 0 Å². The predicted molar refractivity (Wildman–Crippen MR) is 74.3 cm³/mol. The highest BCUT2D eigenvalue weighted by atomic mass is 32.2. The predicted octanol–water partition coefficient (Wildman–Crippen LogP) is 0.704. The van der Waals surface area contributed by atoms with Crippen LogP contribution in [0, 0.1) is 0 Å². The summed E-state index contributed by atoms with van der Waals surface area (Å²) >= 11 is 0. The maximum Gasteiger partial charge on any atom is 0.235 e. The summed E-state index contributed by atoms with van der Waals surface area (Å²) in [4.78, 5) is 11.3. The van der Waals surface area contributed by atoms with Gasteiger partial charge in [0.05, 0.1) is 5.25 Å². The van der Waals surface area contributed by atoms with Crippen LogP contribution >= 0.6 is 0 Å². The molecular weight excluding hydrogens is 252 g/mol. The van der Waals surface area contributed by atoms with Crippen molar-refractivity contribution in [3.8, 4) is 0 Å². The van der Waals surface area contributed by atoms with Crippen LogP contribution in [-0.2, 0) is 14.6 Å². The molecule has 1 atom stereocenters. The van der Waals surface area contributed by atoms with Crippen molar-refractivity contribution in [2.75, 3.05) is 18.8 Å². The van der Waals surface area contributed by atoms with E-state index in [9.17, 15) is 13.2 Å². The fourth-order valence-corrected chi connectivity index (χ4v) is 2.71. The molecule has 0 bridgehead atoms. The van der Waals surface area contributed by atoms with E-state index in [0.29, 0.717) is 19.1 Å². The number of carbonyl (C=O) groups excluding carboxylic acids is 1. The van der Waals surface area contributed by atoms with E-state index in [2.05, 4.69) is 24.5 Å². The second-order valence-electron chi connectivity index (χ2n) is 4.49. The normalized spacial score (nSPS) is 13.6. The Kier molecular flexibility index (Phi) is 8.18. The maximum absolute atomic E-state index is 11.9. The number of hydrogen-bond donors (Lipinski definition) is 2. The average molecular weight is 278 g/mol. The Morgan fingerprint density at radius 2 is 1.72 bits per heavy atom. The number of amides is 1. The van der Waals surface area contributed by atoms with Gasteiger partial charge < -0.3 is 10.6 Å². The molecule has 1 amide bonds. The highest BCUT2D eigenvalue weighted by Gasteiger charge is 2.24. The van der Waals surface area contributed by atoms with Gasteiger partial charge in [-0.2, -0.15) is 0 Å². The smallest absolute Gasteiger partial charge is 0.235 e. The van der Waals surface area contributed by atoms with E-state index >= 15 is 0 Å². The van der Waals surface area contributed by atoms with E-state index < -0.39 is 26.7 Å². The molecule has 0 aromatic rings. The summed E-state index contributed by atoms with van der Waals surface area (Å²) in [7, 11) is -3.37. The van der Waals surface area contributed by atoms with Crippen molar-refractivity contribution in [2.24, 2.45) is 0 Å². The van der Waals surface area contributed by atoms with Gasteiger partial charge in [0.15, 0.2) is 9.84 Å². The van der Waals surface area contributed by atoms with Gasteiger partial charge >= 0.3 is 0 Å². The maximum atomic E-state index is 11.9. The lowest BCUT2D eigenvalue weighted by atomic mass is 10.2. The molecule has 6 heteroatoms. The molecule has 0 aliphatic carbocycles. The zero-order valence-corrected chi connectivity index (χ0v) is 12.6. The van der Waals surface area contributed by atoms with Gasteiger partial charge in [-0.15, -0.1) is 0 Å².